The molecule has 1 unspecified atom stereocenters. The molecule has 0 spiro atoms. The van der Waals surface area contributed by atoms with E-state index in [1.54, 1.807) is 6.07 Å². The topological polar surface area (TPSA) is 82.4 Å². The quantitative estimate of drug-likeness (QED) is 0.846. The predicted molar refractivity (Wildman–Crippen MR) is 60.5 cm³/mol. The number of halogens is 1. The lowest BCUT2D eigenvalue weighted by Crippen LogP contribution is -2.47. The summed E-state index contributed by atoms with van der Waals surface area (Å²) >= 11 is 0. The molecule has 6 heteroatoms. The number of carboxylic acids is 1. The molecular formula is C12H11FN2O3. The van der Waals surface area contributed by atoms with Crippen LogP contribution in [0.15, 0.2) is 18.2 Å². The second-order valence-corrected chi connectivity index (χ2v) is 4.09. The van der Waals surface area contributed by atoms with Crippen LogP contribution in [0.2, 0.25) is 0 Å². The number of benzene rings is 1. The number of nitrogens with zero attached hydrogens (tertiary/aromatic N) is 1. The van der Waals surface area contributed by atoms with Crippen molar-refractivity contribution in [1.29, 1.82) is 5.26 Å². The zero-order valence-corrected chi connectivity index (χ0v) is 9.44. The van der Waals surface area contributed by atoms with Gasteiger partial charge in [0.25, 0.3) is 0 Å². The molecule has 0 amide bonds. The largest absolute Gasteiger partial charge is 0.479 e. The Hall–Kier alpha value is -2.13. The molecule has 0 aromatic heterocycles. The number of aliphatic carboxylic acids is 1. The van der Waals surface area contributed by atoms with E-state index in [0.717, 1.165) is 6.07 Å². The van der Waals surface area contributed by atoms with Crippen molar-refractivity contribution in [3.8, 4) is 6.07 Å². The first-order valence-electron chi connectivity index (χ1n) is 5.37. The Balaban J connectivity index is 2.37. The van der Waals surface area contributed by atoms with Crippen molar-refractivity contribution in [3.63, 3.8) is 0 Å². The number of anilines is 1. The molecule has 2 rings (SSSR count). The van der Waals surface area contributed by atoms with Crippen LogP contribution in [0.5, 0.6) is 0 Å². The minimum atomic E-state index is -1.29. The van der Waals surface area contributed by atoms with Gasteiger partial charge in [-0.1, -0.05) is 6.07 Å². The van der Waals surface area contributed by atoms with E-state index in [1.165, 1.54) is 12.1 Å². The van der Waals surface area contributed by atoms with Crippen LogP contribution in [0.3, 0.4) is 0 Å². The number of nitrogens with one attached hydrogen (secondary N) is 1. The third kappa shape index (κ3) is 2.00. The molecule has 5 nitrogen and oxygen atoms in total. The van der Waals surface area contributed by atoms with Crippen molar-refractivity contribution in [2.45, 2.75) is 12.0 Å². The normalized spacial score (nSPS) is 22.4. The van der Waals surface area contributed by atoms with Gasteiger partial charge >= 0.3 is 5.97 Å². The number of hydrogen-bond donors (Lipinski definition) is 2. The van der Waals surface area contributed by atoms with E-state index in [-0.39, 0.29) is 24.3 Å². The Bertz CT molecular complexity index is 519. The van der Waals surface area contributed by atoms with Gasteiger partial charge in [0.05, 0.1) is 12.3 Å². The Morgan fingerprint density at radius 2 is 2.39 bits per heavy atom. The molecule has 1 aromatic rings. The summed E-state index contributed by atoms with van der Waals surface area (Å²) in [6.07, 6.45) is 0.268. The molecule has 1 aliphatic rings. The van der Waals surface area contributed by atoms with E-state index >= 15 is 0 Å². The molecule has 1 aliphatic heterocycles. The van der Waals surface area contributed by atoms with Crippen molar-refractivity contribution in [2.75, 3.05) is 18.5 Å². The summed E-state index contributed by atoms with van der Waals surface area (Å²) in [5.41, 5.74) is -1.31. The summed E-state index contributed by atoms with van der Waals surface area (Å²) in [6.45, 7) is 0.306. The van der Waals surface area contributed by atoms with Gasteiger partial charge in [0, 0.05) is 13.0 Å². The number of ether oxygens (including phenoxy) is 1. The Morgan fingerprint density at radius 3 is 2.94 bits per heavy atom. The summed E-state index contributed by atoms with van der Waals surface area (Å²) in [4.78, 5) is 11.3. The number of rotatable bonds is 3. The third-order valence-electron chi connectivity index (χ3n) is 2.93. The van der Waals surface area contributed by atoms with Crippen LogP contribution < -0.4 is 5.32 Å². The maximum Gasteiger partial charge on any atom is 0.331 e. The number of carboxylic acid groups (broad SMARTS) is 1. The molecule has 1 aromatic carbocycles. The van der Waals surface area contributed by atoms with E-state index < -0.39 is 17.3 Å². The number of nitriles is 1. The molecule has 18 heavy (non-hydrogen) atoms. The van der Waals surface area contributed by atoms with Crippen molar-refractivity contribution in [3.05, 3.63) is 29.6 Å². The van der Waals surface area contributed by atoms with Crippen LogP contribution in [0.4, 0.5) is 10.1 Å². The predicted octanol–water partition coefficient (Wildman–Crippen LogP) is 1.35. The third-order valence-corrected chi connectivity index (χ3v) is 2.93. The molecule has 1 saturated heterocycles. The molecular weight excluding hydrogens is 239 g/mol. The highest BCUT2D eigenvalue weighted by Crippen LogP contribution is 2.27. The molecule has 0 radical (unpaired) electrons. The number of hydrogen-bond acceptors (Lipinski definition) is 4. The van der Waals surface area contributed by atoms with Gasteiger partial charge in [-0.2, -0.15) is 5.26 Å². The van der Waals surface area contributed by atoms with Crippen molar-refractivity contribution >= 4 is 11.7 Å². The molecule has 0 bridgehead atoms. The SMILES string of the molecule is N#Cc1c(F)cccc1NC1(C(=O)O)CCOC1. The highest BCUT2D eigenvalue weighted by atomic mass is 19.1. The second kappa shape index (κ2) is 4.63. The van der Waals surface area contributed by atoms with Crippen LogP contribution in [0.25, 0.3) is 0 Å². The first-order valence-corrected chi connectivity index (χ1v) is 5.37. The minimum absolute atomic E-state index is 0.0102. The first-order chi connectivity index (χ1) is 8.59. The second-order valence-electron chi connectivity index (χ2n) is 4.09. The van der Waals surface area contributed by atoms with Gasteiger partial charge in [-0.05, 0) is 12.1 Å². The molecule has 94 valence electrons. The average molecular weight is 250 g/mol. The first kappa shape index (κ1) is 12.3. The van der Waals surface area contributed by atoms with Crippen LogP contribution in [-0.4, -0.2) is 29.8 Å². The minimum Gasteiger partial charge on any atom is -0.479 e. The molecule has 1 heterocycles. The van der Waals surface area contributed by atoms with Crippen LogP contribution in [0, 0.1) is 17.1 Å². The van der Waals surface area contributed by atoms with Gasteiger partial charge in [0.15, 0.2) is 5.54 Å². The average Bonchev–Trinajstić information content (AvgIpc) is 2.79. The van der Waals surface area contributed by atoms with Gasteiger partial charge < -0.3 is 15.2 Å². The molecule has 1 atom stereocenters. The highest BCUT2D eigenvalue weighted by molar-refractivity contribution is 5.84. The monoisotopic (exact) mass is 250 g/mol. The summed E-state index contributed by atoms with van der Waals surface area (Å²) < 4.78 is 18.5. The maximum absolute atomic E-state index is 13.4. The summed E-state index contributed by atoms with van der Waals surface area (Å²) in [6, 6.07) is 5.78. The molecule has 0 saturated carbocycles. The van der Waals surface area contributed by atoms with E-state index in [2.05, 4.69) is 5.32 Å². The lowest BCUT2D eigenvalue weighted by molar-refractivity contribution is -0.142. The van der Waals surface area contributed by atoms with Gasteiger partial charge in [0.1, 0.15) is 17.4 Å². The fraction of sp³-hybridized carbons (Fsp3) is 0.333. The lowest BCUT2D eigenvalue weighted by Gasteiger charge is -2.25. The van der Waals surface area contributed by atoms with E-state index in [4.69, 9.17) is 10.00 Å². The standard InChI is InChI=1S/C12H11FN2O3/c13-9-2-1-3-10(8(9)6-14)15-12(11(16)17)4-5-18-7-12/h1-3,15H,4-5,7H2,(H,16,17). The van der Waals surface area contributed by atoms with Gasteiger partial charge in [-0.25, -0.2) is 9.18 Å². The number of carbonyl (C=O) groups is 1. The van der Waals surface area contributed by atoms with Crippen LogP contribution in [0.1, 0.15) is 12.0 Å². The van der Waals surface area contributed by atoms with Crippen molar-refractivity contribution < 1.29 is 19.0 Å². The van der Waals surface area contributed by atoms with Crippen molar-refractivity contribution in [1.82, 2.24) is 0 Å². The Kier molecular flexibility index (Phi) is 3.17. The zero-order chi connectivity index (χ0) is 13.2. The zero-order valence-electron chi connectivity index (χ0n) is 9.44. The highest BCUT2D eigenvalue weighted by Gasteiger charge is 2.43. The molecule has 1 fully saturated rings. The van der Waals surface area contributed by atoms with Crippen LogP contribution >= 0.6 is 0 Å². The van der Waals surface area contributed by atoms with Gasteiger partial charge in [-0.3, -0.25) is 0 Å². The molecule has 2 N–H and O–H groups in total. The summed E-state index contributed by atoms with van der Waals surface area (Å²) in [7, 11) is 0. The fourth-order valence-corrected chi connectivity index (χ4v) is 1.89. The van der Waals surface area contributed by atoms with E-state index in [1.807, 2.05) is 0 Å². The maximum atomic E-state index is 13.4. The van der Waals surface area contributed by atoms with Crippen LogP contribution in [-0.2, 0) is 9.53 Å². The Labute approximate surface area is 103 Å². The summed E-state index contributed by atoms with van der Waals surface area (Å²) in [5.74, 6) is -1.75. The van der Waals surface area contributed by atoms with E-state index in [9.17, 15) is 14.3 Å². The smallest absolute Gasteiger partial charge is 0.331 e. The lowest BCUT2D eigenvalue weighted by atomic mass is 9.97. The Morgan fingerprint density at radius 1 is 1.61 bits per heavy atom. The summed E-state index contributed by atoms with van der Waals surface area (Å²) in [5, 5.41) is 20.9. The van der Waals surface area contributed by atoms with E-state index in [0.29, 0.717) is 6.61 Å². The van der Waals surface area contributed by atoms with Gasteiger partial charge in [-0.15, -0.1) is 0 Å². The van der Waals surface area contributed by atoms with Crippen molar-refractivity contribution in [2.24, 2.45) is 0 Å². The molecule has 0 aliphatic carbocycles. The fourth-order valence-electron chi connectivity index (χ4n) is 1.89. The van der Waals surface area contributed by atoms with Gasteiger partial charge in [0.2, 0.25) is 0 Å².